The third kappa shape index (κ3) is 3.86. The van der Waals surface area contributed by atoms with Crippen LogP contribution in [0.2, 0.25) is 0 Å². The molecule has 1 saturated heterocycles. The maximum absolute atomic E-state index is 12.3. The Balaban J connectivity index is 1.63. The number of carbonyl (C=O) groups excluding carboxylic acids is 4. The van der Waals surface area contributed by atoms with E-state index in [2.05, 4.69) is 17.4 Å². The van der Waals surface area contributed by atoms with Crippen LogP contribution in [0.1, 0.15) is 55.8 Å². The maximum atomic E-state index is 12.3. The van der Waals surface area contributed by atoms with Gasteiger partial charge in [0, 0.05) is 6.54 Å². The van der Waals surface area contributed by atoms with E-state index in [0.717, 1.165) is 23.3 Å². The van der Waals surface area contributed by atoms with E-state index in [-0.39, 0.29) is 12.6 Å². The number of aryl methyl sites for hydroxylation is 2. The Kier molecular flexibility index (Phi) is 5.58. The molecule has 0 aromatic heterocycles. The number of benzene rings is 1. The van der Waals surface area contributed by atoms with Crippen LogP contribution in [0.3, 0.4) is 0 Å². The average Bonchev–Trinajstić information content (AvgIpc) is 2.86. The zero-order valence-electron chi connectivity index (χ0n) is 15.8. The molecule has 0 saturated carbocycles. The van der Waals surface area contributed by atoms with Crippen LogP contribution in [0.15, 0.2) is 18.2 Å². The van der Waals surface area contributed by atoms with Gasteiger partial charge in [0.05, 0.1) is 6.04 Å². The molecule has 1 N–H and O–H groups in total. The number of nitrogens with zero attached hydrogens (tertiary/aromatic N) is 2. The van der Waals surface area contributed by atoms with Crippen molar-refractivity contribution in [2.24, 2.45) is 0 Å². The van der Waals surface area contributed by atoms with Crippen LogP contribution in [0, 0.1) is 0 Å². The Morgan fingerprint density at radius 2 is 1.74 bits per heavy atom. The number of amides is 5. The number of imide groups is 2. The minimum atomic E-state index is -0.940. The van der Waals surface area contributed by atoms with Crippen molar-refractivity contribution in [1.29, 1.82) is 0 Å². The summed E-state index contributed by atoms with van der Waals surface area (Å²) in [5.74, 6) is -2.27. The lowest BCUT2D eigenvalue weighted by Crippen LogP contribution is -2.42. The Morgan fingerprint density at radius 1 is 1.07 bits per heavy atom. The van der Waals surface area contributed by atoms with Crippen molar-refractivity contribution in [3.63, 3.8) is 0 Å². The van der Waals surface area contributed by atoms with E-state index in [4.69, 9.17) is 0 Å². The second-order valence-corrected chi connectivity index (χ2v) is 7.16. The van der Waals surface area contributed by atoms with Gasteiger partial charge in [0.25, 0.3) is 0 Å². The molecule has 144 valence electrons. The van der Waals surface area contributed by atoms with Crippen molar-refractivity contribution in [3.05, 3.63) is 34.9 Å². The Labute approximate surface area is 158 Å². The average molecular weight is 371 g/mol. The van der Waals surface area contributed by atoms with Gasteiger partial charge in [0.15, 0.2) is 0 Å². The quantitative estimate of drug-likeness (QED) is 0.612. The fourth-order valence-electron chi connectivity index (χ4n) is 3.65. The van der Waals surface area contributed by atoms with Gasteiger partial charge in [-0.05, 0) is 55.7 Å². The van der Waals surface area contributed by atoms with Gasteiger partial charge in [-0.15, -0.1) is 0 Å². The third-order valence-corrected chi connectivity index (χ3v) is 5.13. The molecule has 1 fully saturated rings. The molecule has 1 heterocycles. The highest BCUT2D eigenvalue weighted by molar-refractivity contribution is 6.45. The first-order chi connectivity index (χ1) is 12.9. The van der Waals surface area contributed by atoms with Gasteiger partial charge in [0.2, 0.25) is 5.91 Å². The molecule has 5 amide bonds. The van der Waals surface area contributed by atoms with Crippen LogP contribution >= 0.6 is 0 Å². The van der Waals surface area contributed by atoms with E-state index in [1.54, 1.807) is 6.92 Å². The molecule has 27 heavy (non-hydrogen) atoms. The van der Waals surface area contributed by atoms with Gasteiger partial charge >= 0.3 is 17.8 Å². The monoisotopic (exact) mass is 371 g/mol. The predicted molar refractivity (Wildman–Crippen MR) is 98.8 cm³/mol. The second-order valence-electron chi connectivity index (χ2n) is 7.16. The minimum Gasteiger partial charge on any atom is -0.348 e. The fraction of sp³-hybridized carbons (Fsp3) is 0.500. The highest BCUT2D eigenvalue weighted by atomic mass is 16.2. The third-order valence-electron chi connectivity index (χ3n) is 5.13. The lowest BCUT2D eigenvalue weighted by atomic mass is 9.89. The molecule has 0 radical (unpaired) electrons. The van der Waals surface area contributed by atoms with Crippen molar-refractivity contribution < 1.29 is 19.2 Å². The van der Waals surface area contributed by atoms with Crippen molar-refractivity contribution in [2.45, 2.75) is 52.0 Å². The van der Waals surface area contributed by atoms with Gasteiger partial charge in [-0.3, -0.25) is 19.3 Å². The van der Waals surface area contributed by atoms with Crippen molar-refractivity contribution >= 4 is 23.8 Å². The summed E-state index contributed by atoms with van der Waals surface area (Å²) < 4.78 is 0. The summed E-state index contributed by atoms with van der Waals surface area (Å²) in [6.45, 7) is 3.40. The second kappa shape index (κ2) is 7.90. The summed E-state index contributed by atoms with van der Waals surface area (Å²) in [4.78, 5) is 50.0. The molecule has 3 rings (SSSR count). The highest BCUT2D eigenvalue weighted by Crippen LogP contribution is 2.24. The first kappa shape index (κ1) is 19.1. The van der Waals surface area contributed by atoms with Crippen LogP contribution in [-0.4, -0.2) is 46.6 Å². The summed E-state index contributed by atoms with van der Waals surface area (Å²) in [5, 5.41) is 2.82. The zero-order chi connectivity index (χ0) is 19.6. The summed E-state index contributed by atoms with van der Waals surface area (Å²) in [7, 11) is 0. The molecule has 2 aliphatic rings. The highest BCUT2D eigenvalue weighted by Gasteiger charge is 2.44. The van der Waals surface area contributed by atoms with Crippen LogP contribution in [0.25, 0.3) is 0 Å². The number of hydrogen-bond donors (Lipinski definition) is 1. The summed E-state index contributed by atoms with van der Waals surface area (Å²) >= 11 is 0. The molecule has 7 heteroatoms. The lowest BCUT2D eigenvalue weighted by molar-refractivity contribution is -0.144. The van der Waals surface area contributed by atoms with E-state index in [1.807, 2.05) is 13.0 Å². The van der Waals surface area contributed by atoms with Crippen molar-refractivity contribution in [3.8, 4) is 0 Å². The lowest BCUT2D eigenvalue weighted by Gasteiger charge is -2.21. The number of hydrogen-bond acceptors (Lipinski definition) is 4. The molecule has 7 nitrogen and oxygen atoms in total. The number of carbonyl (C=O) groups is 4. The number of nitrogens with one attached hydrogen (secondary N) is 1. The molecule has 1 aromatic rings. The number of urea groups is 1. The van der Waals surface area contributed by atoms with Crippen molar-refractivity contribution in [2.75, 3.05) is 13.1 Å². The van der Waals surface area contributed by atoms with E-state index in [0.29, 0.717) is 11.3 Å². The molecule has 0 spiro atoms. The summed E-state index contributed by atoms with van der Waals surface area (Å²) in [5.41, 5.74) is 3.68. The van der Waals surface area contributed by atoms with Gasteiger partial charge < -0.3 is 5.32 Å². The maximum Gasteiger partial charge on any atom is 0.334 e. The van der Waals surface area contributed by atoms with Crippen LogP contribution in [0.4, 0.5) is 4.79 Å². The first-order valence-corrected chi connectivity index (χ1v) is 9.50. The van der Waals surface area contributed by atoms with E-state index >= 15 is 0 Å². The molecular weight excluding hydrogens is 346 g/mol. The Morgan fingerprint density at radius 3 is 2.44 bits per heavy atom. The topological polar surface area (TPSA) is 86.8 Å². The van der Waals surface area contributed by atoms with E-state index < -0.39 is 30.3 Å². The Bertz CT molecular complexity index is 789. The normalized spacial score (nSPS) is 17.9. The summed E-state index contributed by atoms with van der Waals surface area (Å²) in [6, 6.07) is 5.27. The van der Waals surface area contributed by atoms with E-state index in [9.17, 15) is 19.2 Å². The molecule has 1 aliphatic carbocycles. The van der Waals surface area contributed by atoms with Gasteiger partial charge in [0.1, 0.15) is 6.54 Å². The zero-order valence-corrected chi connectivity index (χ0v) is 15.8. The SMILES string of the molecule is CCCN1C(=O)C(=O)N(CC(=O)N[C@H](C)c2ccc3c(c2)CCCC3)C1=O. The molecule has 0 unspecified atom stereocenters. The molecule has 0 bridgehead atoms. The van der Waals surface area contributed by atoms with Gasteiger partial charge in [-0.25, -0.2) is 9.69 Å². The first-order valence-electron chi connectivity index (χ1n) is 9.50. The molecular formula is C20H25N3O4. The fourth-order valence-corrected chi connectivity index (χ4v) is 3.65. The van der Waals surface area contributed by atoms with E-state index in [1.165, 1.54) is 24.0 Å². The molecule has 1 aromatic carbocycles. The summed E-state index contributed by atoms with van der Waals surface area (Å²) in [6.07, 6.45) is 5.09. The Hall–Kier alpha value is -2.70. The number of fused-ring (bicyclic) bond motifs is 1. The minimum absolute atomic E-state index is 0.174. The number of rotatable bonds is 6. The predicted octanol–water partition coefficient (Wildman–Crippen LogP) is 1.94. The van der Waals surface area contributed by atoms with Crippen molar-refractivity contribution in [1.82, 2.24) is 15.1 Å². The smallest absolute Gasteiger partial charge is 0.334 e. The van der Waals surface area contributed by atoms with Crippen LogP contribution in [-0.2, 0) is 27.2 Å². The molecule has 1 atom stereocenters. The van der Waals surface area contributed by atoms with Gasteiger partial charge in [-0.2, -0.15) is 0 Å². The molecule has 1 aliphatic heterocycles. The standard InChI is InChI=1S/C20H25N3O4/c1-3-10-22-18(25)19(26)23(20(22)27)12-17(24)21-13(2)15-9-8-14-6-4-5-7-16(14)11-15/h8-9,11,13H,3-7,10,12H2,1-2H3,(H,21,24)/t13-/m1/s1. The van der Waals surface area contributed by atoms with Crippen LogP contribution < -0.4 is 5.32 Å². The largest absolute Gasteiger partial charge is 0.348 e. The van der Waals surface area contributed by atoms with Gasteiger partial charge in [-0.1, -0.05) is 25.1 Å². The van der Waals surface area contributed by atoms with Crippen LogP contribution in [0.5, 0.6) is 0 Å².